The predicted molar refractivity (Wildman–Crippen MR) is 80.5 cm³/mol. The van der Waals surface area contributed by atoms with Crippen LogP contribution in [0.25, 0.3) is 0 Å². The molecule has 1 unspecified atom stereocenters. The first-order valence-electron chi connectivity index (χ1n) is 6.24. The van der Waals surface area contributed by atoms with E-state index in [1.807, 2.05) is 6.92 Å². The molecule has 2 aromatic rings. The number of carboxylic acids is 1. The summed E-state index contributed by atoms with van der Waals surface area (Å²) in [4.78, 5) is 26.9. The third-order valence-electron chi connectivity index (χ3n) is 2.99. The Morgan fingerprint density at radius 2 is 2.14 bits per heavy atom. The lowest BCUT2D eigenvalue weighted by molar-refractivity contribution is 0.0691. The van der Waals surface area contributed by atoms with E-state index >= 15 is 0 Å². The number of rotatable bonds is 4. The number of carbonyl (C=O) groups is 2. The molecule has 2 rings (SSSR count). The minimum absolute atomic E-state index is 0.0144. The standard InChI is InChI=1S/C14H15N3O3S/c1-7-5-9(3-4-10(7)15)12(18)16-8(2)13-17-11(6-21-13)14(19)20/h3-6,8H,15H2,1-2H3,(H,16,18)(H,19,20). The number of aryl methyl sites for hydroxylation is 1. The van der Waals surface area contributed by atoms with Crippen LogP contribution >= 0.6 is 11.3 Å². The van der Waals surface area contributed by atoms with Gasteiger partial charge < -0.3 is 16.2 Å². The molecule has 0 aliphatic carbocycles. The fourth-order valence-corrected chi connectivity index (χ4v) is 2.54. The van der Waals surface area contributed by atoms with Crippen molar-refractivity contribution in [3.8, 4) is 0 Å². The van der Waals surface area contributed by atoms with E-state index in [0.717, 1.165) is 5.56 Å². The number of aromatic nitrogens is 1. The van der Waals surface area contributed by atoms with Crippen LogP contribution in [0.3, 0.4) is 0 Å². The third kappa shape index (κ3) is 3.38. The summed E-state index contributed by atoms with van der Waals surface area (Å²) in [5.41, 5.74) is 7.67. The summed E-state index contributed by atoms with van der Waals surface area (Å²) in [6, 6.07) is 4.67. The predicted octanol–water partition coefficient (Wildman–Crippen LogP) is 2.22. The molecule has 1 aromatic heterocycles. The van der Waals surface area contributed by atoms with Crippen molar-refractivity contribution in [2.24, 2.45) is 0 Å². The van der Waals surface area contributed by atoms with Crippen molar-refractivity contribution in [2.45, 2.75) is 19.9 Å². The summed E-state index contributed by atoms with van der Waals surface area (Å²) < 4.78 is 0. The van der Waals surface area contributed by atoms with Crippen LogP contribution in [0.15, 0.2) is 23.6 Å². The van der Waals surface area contributed by atoms with Crippen molar-refractivity contribution in [1.82, 2.24) is 10.3 Å². The molecule has 21 heavy (non-hydrogen) atoms. The van der Waals surface area contributed by atoms with Gasteiger partial charge in [-0.05, 0) is 37.6 Å². The van der Waals surface area contributed by atoms with Crippen LogP contribution in [0.5, 0.6) is 0 Å². The Morgan fingerprint density at radius 1 is 1.43 bits per heavy atom. The molecule has 0 radical (unpaired) electrons. The number of amides is 1. The highest BCUT2D eigenvalue weighted by Crippen LogP contribution is 2.19. The number of thiazole rings is 1. The Morgan fingerprint density at radius 3 is 2.71 bits per heavy atom. The van der Waals surface area contributed by atoms with Crippen molar-refractivity contribution in [3.05, 3.63) is 45.4 Å². The monoisotopic (exact) mass is 305 g/mol. The normalized spacial score (nSPS) is 11.9. The maximum absolute atomic E-state index is 12.1. The third-order valence-corrected chi connectivity index (χ3v) is 4.02. The SMILES string of the molecule is Cc1cc(C(=O)NC(C)c2nc(C(=O)O)cs2)ccc1N. The number of hydrogen-bond acceptors (Lipinski definition) is 5. The molecule has 110 valence electrons. The maximum atomic E-state index is 12.1. The second-order valence-electron chi connectivity index (χ2n) is 4.64. The van der Waals surface area contributed by atoms with Gasteiger partial charge in [-0.25, -0.2) is 9.78 Å². The topological polar surface area (TPSA) is 105 Å². The fourth-order valence-electron chi connectivity index (χ4n) is 1.74. The van der Waals surface area contributed by atoms with Gasteiger partial charge in [-0.15, -0.1) is 11.3 Å². The Balaban J connectivity index is 2.10. The van der Waals surface area contributed by atoms with E-state index in [9.17, 15) is 9.59 Å². The highest BCUT2D eigenvalue weighted by molar-refractivity contribution is 7.09. The van der Waals surface area contributed by atoms with Gasteiger partial charge in [-0.2, -0.15) is 0 Å². The Labute approximate surface area is 125 Å². The first kappa shape index (κ1) is 15.0. The van der Waals surface area contributed by atoms with Gasteiger partial charge in [0.1, 0.15) is 5.01 Å². The van der Waals surface area contributed by atoms with Gasteiger partial charge in [0.2, 0.25) is 0 Å². The lowest BCUT2D eigenvalue weighted by atomic mass is 10.1. The molecule has 0 saturated heterocycles. The van der Waals surface area contributed by atoms with Gasteiger partial charge in [0.05, 0.1) is 6.04 Å². The zero-order valence-electron chi connectivity index (χ0n) is 11.6. The van der Waals surface area contributed by atoms with Crippen LogP contribution in [-0.2, 0) is 0 Å². The second kappa shape index (κ2) is 5.92. The zero-order valence-corrected chi connectivity index (χ0v) is 12.4. The van der Waals surface area contributed by atoms with Crippen molar-refractivity contribution < 1.29 is 14.7 Å². The highest BCUT2D eigenvalue weighted by atomic mass is 32.1. The first-order chi connectivity index (χ1) is 9.88. The van der Waals surface area contributed by atoms with Gasteiger partial charge in [-0.3, -0.25) is 4.79 Å². The molecule has 1 atom stereocenters. The number of nitrogens with two attached hydrogens (primary N) is 1. The van der Waals surface area contributed by atoms with Gasteiger partial charge in [0.25, 0.3) is 5.91 Å². The zero-order chi connectivity index (χ0) is 15.6. The summed E-state index contributed by atoms with van der Waals surface area (Å²) in [6.45, 7) is 3.59. The summed E-state index contributed by atoms with van der Waals surface area (Å²) >= 11 is 1.20. The van der Waals surface area contributed by atoms with E-state index in [2.05, 4.69) is 10.3 Å². The summed E-state index contributed by atoms with van der Waals surface area (Å²) in [7, 11) is 0. The van der Waals surface area contributed by atoms with Crippen molar-refractivity contribution in [3.63, 3.8) is 0 Å². The smallest absolute Gasteiger partial charge is 0.355 e. The Hall–Kier alpha value is -2.41. The molecule has 1 amide bonds. The van der Waals surface area contributed by atoms with Crippen molar-refractivity contribution in [1.29, 1.82) is 0 Å². The molecule has 1 heterocycles. The van der Waals surface area contributed by atoms with Crippen LogP contribution < -0.4 is 11.1 Å². The number of aromatic carboxylic acids is 1. The first-order valence-corrected chi connectivity index (χ1v) is 7.12. The van der Waals surface area contributed by atoms with E-state index in [-0.39, 0.29) is 17.6 Å². The maximum Gasteiger partial charge on any atom is 0.355 e. The molecule has 7 heteroatoms. The van der Waals surface area contributed by atoms with Gasteiger partial charge >= 0.3 is 5.97 Å². The molecule has 0 spiro atoms. The number of carbonyl (C=O) groups excluding carboxylic acids is 1. The number of nitrogens with zero attached hydrogens (tertiary/aromatic N) is 1. The van der Waals surface area contributed by atoms with E-state index in [4.69, 9.17) is 10.8 Å². The number of benzene rings is 1. The van der Waals surface area contributed by atoms with E-state index in [0.29, 0.717) is 16.3 Å². The molecule has 1 aromatic carbocycles. The Bertz CT molecular complexity index is 697. The van der Waals surface area contributed by atoms with Crippen LogP contribution in [0, 0.1) is 6.92 Å². The molecule has 0 bridgehead atoms. The molecule has 0 aliphatic heterocycles. The van der Waals surface area contributed by atoms with Crippen LogP contribution in [0.4, 0.5) is 5.69 Å². The number of hydrogen-bond donors (Lipinski definition) is 3. The van der Waals surface area contributed by atoms with Crippen LogP contribution in [0.1, 0.15) is 44.4 Å². The second-order valence-corrected chi connectivity index (χ2v) is 5.53. The molecular formula is C14H15N3O3S. The fraction of sp³-hybridized carbons (Fsp3) is 0.214. The van der Waals surface area contributed by atoms with Gasteiger partial charge in [0, 0.05) is 16.6 Å². The highest BCUT2D eigenvalue weighted by Gasteiger charge is 2.17. The summed E-state index contributed by atoms with van der Waals surface area (Å²) in [5, 5.41) is 13.6. The summed E-state index contributed by atoms with van der Waals surface area (Å²) in [5.74, 6) is -1.33. The number of carboxylic acid groups (broad SMARTS) is 1. The van der Waals surface area contributed by atoms with E-state index in [1.54, 1.807) is 25.1 Å². The number of nitrogens with one attached hydrogen (secondary N) is 1. The molecule has 0 fully saturated rings. The molecule has 4 N–H and O–H groups in total. The quantitative estimate of drug-likeness (QED) is 0.751. The summed E-state index contributed by atoms with van der Waals surface area (Å²) in [6.07, 6.45) is 0. The number of nitrogen functional groups attached to an aromatic ring is 1. The average molecular weight is 305 g/mol. The molecule has 0 saturated carbocycles. The minimum atomic E-state index is -1.08. The average Bonchev–Trinajstić information content (AvgIpc) is 2.91. The lowest BCUT2D eigenvalue weighted by Gasteiger charge is -2.12. The molecule has 0 aliphatic rings. The van der Waals surface area contributed by atoms with Crippen molar-refractivity contribution in [2.75, 3.05) is 5.73 Å². The lowest BCUT2D eigenvalue weighted by Crippen LogP contribution is -2.26. The minimum Gasteiger partial charge on any atom is -0.476 e. The number of anilines is 1. The van der Waals surface area contributed by atoms with Gasteiger partial charge in [-0.1, -0.05) is 0 Å². The van der Waals surface area contributed by atoms with Gasteiger partial charge in [0.15, 0.2) is 5.69 Å². The van der Waals surface area contributed by atoms with E-state index < -0.39 is 5.97 Å². The Kier molecular flexibility index (Phi) is 4.23. The molecule has 6 nitrogen and oxygen atoms in total. The largest absolute Gasteiger partial charge is 0.476 e. The van der Waals surface area contributed by atoms with Crippen LogP contribution in [0.2, 0.25) is 0 Å². The molecular weight excluding hydrogens is 290 g/mol. The van der Waals surface area contributed by atoms with Crippen molar-refractivity contribution >= 4 is 28.9 Å². The van der Waals surface area contributed by atoms with E-state index in [1.165, 1.54) is 16.7 Å². The van der Waals surface area contributed by atoms with Crippen LogP contribution in [-0.4, -0.2) is 22.0 Å².